The Morgan fingerprint density at radius 1 is 1.50 bits per heavy atom. The lowest BCUT2D eigenvalue weighted by molar-refractivity contribution is -0.143. The van der Waals surface area contributed by atoms with E-state index < -0.39 is 22.7 Å². The summed E-state index contributed by atoms with van der Waals surface area (Å²) in [6, 6.07) is 0. The summed E-state index contributed by atoms with van der Waals surface area (Å²) in [7, 11) is 0. The molecule has 1 saturated carbocycles. The highest BCUT2D eigenvalue weighted by atomic mass is 35.5. The number of alkyl halides is 1. The van der Waals surface area contributed by atoms with Crippen LogP contribution in [0.25, 0.3) is 0 Å². The molecule has 0 bridgehead atoms. The van der Waals surface area contributed by atoms with Gasteiger partial charge < -0.3 is 10.2 Å². The fourth-order valence-electron chi connectivity index (χ4n) is 0.758. The number of carboxylic acids is 2. The molecule has 5 heteroatoms. The van der Waals surface area contributed by atoms with Crippen LogP contribution in [-0.2, 0) is 9.59 Å². The first-order valence-corrected chi connectivity index (χ1v) is 3.01. The maximum absolute atomic E-state index is 10.2. The molecule has 0 spiro atoms. The van der Waals surface area contributed by atoms with Crippen molar-refractivity contribution in [3.05, 3.63) is 0 Å². The number of rotatable bonds is 2. The van der Waals surface area contributed by atoms with Crippen LogP contribution in [-0.4, -0.2) is 27.0 Å². The molecule has 1 aliphatic rings. The molecule has 0 saturated heterocycles. The molecule has 0 aromatic carbocycles. The van der Waals surface area contributed by atoms with Crippen molar-refractivity contribution in [2.75, 3.05) is 0 Å². The molecule has 0 unspecified atom stereocenters. The molecule has 2 atom stereocenters. The Bertz CT molecular complexity index is 202. The van der Waals surface area contributed by atoms with Gasteiger partial charge in [-0.1, -0.05) is 0 Å². The van der Waals surface area contributed by atoms with Crippen LogP contribution in [0, 0.1) is 5.92 Å². The van der Waals surface area contributed by atoms with Crippen molar-refractivity contribution >= 4 is 23.5 Å². The minimum absolute atomic E-state index is 0.0270. The van der Waals surface area contributed by atoms with Crippen LogP contribution in [0.4, 0.5) is 0 Å². The van der Waals surface area contributed by atoms with Crippen molar-refractivity contribution in [2.24, 2.45) is 5.92 Å². The van der Waals surface area contributed by atoms with Gasteiger partial charge in [-0.05, 0) is 6.42 Å². The molecule has 1 aliphatic carbocycles. The van der Waals surface area contributed by atoms with Gasteiger partial charge in [0.25, 0.3) is 0 Å². The molecule has 1 fully saturated rings. The Morgan fingerprint density at radius 3 is 2.10 bits per heavy atom. The van der Waals surface area contributed by atoms with Crippen LogP contribution in [0.3, 0.4) is 0 Å². The van der Waals surface area contributed by atoms with E-state index in [4.69, 9.17) is 21.8 Å². The lowest BCUT2D eigenvalue weighted by Gasteiger charge is -1.96. The molecule has 56 valence electrons. The molecule has 0 heterocycles. The second-order valence-electron chi connectivity index (χ2n) is 2.26. The van der Waals surface area contributed by atoms with Crippen LogP contribution in [0.5, 0.6) is 0 Å². The van der Waals surface area contributed by atoms with Crippen molar-refractivity contribution in [2.45, 2.75) is 11.3 Å². The summed E-state index contributed by atoms with van der Waals surface area (Å²) in [5.41, 5.74) is 0. The molecule has 10 heavy (non-hydrogen) atoms. The van der Waals surface area contributed by atoms with E-state index in [9.17, 15) is 9.59 Å². The first-order chi connectivity index (χ1) is 4.48. The highest BCUT2D eigenvalue weighted by Crippen LogP contribution is 2.49. The van der Waals surface area contributed by atoms with E-state index in [1.807, 2.05) is 0 Å². The molecule has 0 aliphatic heterocycles. The molecule has 2 N–H and O–H groups in total. The largest absolute Gasteiger partial charge is 0.481 e. The summed E-state index contributed by atoms with van der Waals surface area (Å²) in [4.78, 5) is 18.8. The van der Waals surface area contributed by atoms with E-state index in [1.165, 1.54) is 0 Å². The van der Waals surface area contributed by atoms with Crippen LogP contribution < -0.4 is 0 Å². The fourth-order valence-corrected chi connectivity index (χ4v) is 1.01. The number of hydrogen-bond donors (Lipinski definition) is 2. The van der Waals surface area contributed by atoms with Gasteiger partial charge in [0.2, 0.25) is 0 Å². The maximum Gasteiger partial charge on any atom is 0.325 e. The van der Waals surface area contributed by atoms with Crippen molar-refractivity contribution in [1.82, 2.24) is 0 Å². The van der Waals surface area contributed by atoms with Gasteiger partial charge in [-0.2, -0.15) is 0 Å². The van der Waals surface area contributed by atoms with Crippen LogP contribution >= 0.6 is 11.6 Å². The average Bonchev–Trinajstić information content (AvgIpc) is 2.43. The molecular weight excluding hydrogens is 160 g/mol. The third-order valence-electron chi connectivity index (χ3n) is 1.55. The Hall–Kier alpha value is -0.770. The first kappa shape index (κ1) is 7.34. The SMILES string of the molecule is O=C(O)[C@@H]1C[C@@]1(Cl)C(=O)O. The smallest absolute Gasteiger partial charge is 0.325 e. The molecule has 1 rings (SSSR count). The van der Waals surface area contributed by atoms with Crippen molar-refractivity contribution in [1.29, 1.82) is 0 Å². The average molecular weight is 165 g/mol. The van der Waals surface area contributed by atoms with Gasteiger partial charge >= 0.3 is 11.9 Å². The highest BCUT2D eigenvalue weighted by Gasteiger charge is 2.63. The number of aliphatic carboxylic acids is 2. The van der Waals surface area contributed by atoms with Gasteiger partial charge in [0.05, 0.1) is 5.92 Å². The van der Waals surface area contributed by atoms with Crippen molar-refractivity contribution in [3.63, 3.8) is 0 Å². The monoisotopic (exact) mass is 164 g/mol. The first-order valence-electron chi connectivity index (χ1n) is 2.63. The van der Waals surface area contributed by atoms with Gasteiger partial charge in [0.1, 0.15) is 0 Å². The fraction of sp³-hybridized carbons (Fsp3) is 0.600. The molecule has 0 aromatic heterocycles. The van der Waals surface area contributed by atoms with Crippen LogP contribution in [0.15, 0.2) is 0 Å². The van der Waals surface area contributed by atoms with Crippen LogP contribution in [0.1, 0.15) is 6.42 Å². The molecule has 0 radical (unpaired) electrons. The van der Waals surface area contributed by atoms with E-state index in [-0.39, 0.29) is 6.42 Å². The zero-order valence-corrected chi connectivity index (χ0v) is 5.63. The van der Waals surface area contributed by atoms with Gasteiger partial charge in [0, 0.05) is 0 Å². The molecule has 4 nitrogen and oxygen atoms in total. The molecular formula is C5H5ClO4. The van der Waals surface area contributed by atoms with Gasteiger partial charge in [-0.25, -0.2) is 0 Å². The maximum atomic E-state index is 10.2. The zero-order chi connectivity index (χ0) is 7.94. The van der Waals surface area contributed by atoms with Gasteiger partial charge in [-0.15, -0.1) is 11.6 Å². The van der Waals surface area contributed by atoms with E-state index in [0.717, 1.165) is 0 Å². The van der Waals surface area contributed by atoms with Crippen molar-refractivity contribution in [3.8, 4) is 0 Å². The number of carbonyl (C=O) groups is 2. The third kappa shape index (κ3) is 0.844. The second kappa shape index (κ2) is 1.85. The normalized spacial score (nSPS) is 37.1. The minimum Gasteiger partial charge on any atom is -0.481 e. The standard InChI is InChI=1S/C5H5ClO4/c6-5(4(9)10)1-2(5)3(7)8/h2H,1H2,(H,7,8)(H,9,10)/t2-,5-/m0/s1. The third-order valence-corrected chi connectivity index (χ3v) is 2.13. The van der Waals surface area contributed by atoms with E-state index in [1.54, 1.807) is 0 Å². The summed E-state index contributed by atoms with van der Waals surface area (Å²) in [6.45, 7) is 0. The molecule has 0 aromatic rings. The highest BCUT2D eigenvalue weighted by molar-refractivity contribution is 6.38. The topological polar surface area (TPSA) is 74.6 Å². The van der Waals surface area contributed by atoms with E-state index >= 15 is 0 Å². The summed E-state index contributed by atoms with van der Waals surface area (Å²) < 4.78 is 0. The van der Waals surface area contributed by atoms with Gasteiger partial charge in [0.15, 0.2) is 4.87 Å². The van der Waals surface area contributed by atoms with Crippen molar-refractivity contribution < 1.29 is 19.8 Å². The second-order valence-corrected chi connectivity index (χ2v) is 2.94. The lowest BCUT2D eigenvalue weighted by atomic mass is 10.3. The summed E-state index contributed by atoms with van der Waals surface area (Å²) in [5, 5.41) is 16.6. The number of carboxylic acid groups (broad SMARTS) is 2. The Kier molecular flexibility index (Phi) is 1.36. The lowest BCUT2D eigenvalue weighted by Crippen LogP contribution is -2.20. The van der Waals surface area contributed by atoms with Crippen LogP contribution in [0.2, 0.25) is 0 Å². The van der Waals surface area contributed by atoms with Gasteiger partial charge in [-0.3, -0.25) is 9.59 Å². The quantitative estimate of drug-likeness (QED) is 0.570. The Morgan fingerprint density at radius 2 is 2.00 bits per heavy atom. The number of halogens is 1. The molecule has 0 amide bonds. The summed E-state index contributed by atoms with van der Waals surface area (Å²) in [5.74, 6) is -3.30. The summed E-state index contributed by atoms with van der Waals surface area (Å²) >= 11 is 5.36. The Balaban J connectivity index is 2.65. The summed E-state index contributed by atoms with van der Waals surface area (Å²) in [6.07, 6.45) is 0.0270. The Labute approximate surface area is 61.4 Å². The predicted octanol–water partition coefficient (Wildman–Crippen LogP) is 0.153. The van der Waals surface area contributed by atoms with E-state index in [2.05, 4.69) is 0 Å². The van der Waals surface area contributed by atoms with E-state index in [0.29, 0.717) is 0 Å². The minimum atomic E-state index is -1.52. The number of hydrogen-bond acceptors (Lipinski definition) is 2. The zero-order valence-electron chi connectivity index (χ0n) is 4.87. The predicted molar refractivity (Wildman–Crippen MR) is 32.0 cm³/mol.